The number of rotatable bonds is 6. The minimum atomic E-state index is 0.0682. The highest BCUT2D eigenvalue weighted by Crippen LogP contribution is 2.27. The fourth-order valence-corrected chi connectivity index (χ4v) is 2.71. The van der Waals surface area contributed by atoms with Crippen LogP contribution < -0.4 is 10.6 Å². The van der Waals surface area contributed by atoms with Gasteiger partial charge in [-0.2, -0.15) is 0 Å². The molecule has 0 aliphatic heterocycles. The lowest BCUT2D eigenvalue weighted by molar-refractivity contribution is -0.121. The molecule has 0 saturated carbocycles. The first kappa shape index (κ1) is 14.7. The lowest BCUT2D eigenvalue weighted by Gasteiger charge is -2.11. The summed E-state index contributed by atoms with van der Waals surface area (Å²) in [6.07, 6.45) is 2.94. The fraction of sp³-hybridized carbons (Fsp3) is 0.500. The first-order chi connectivity index (χ1) is 9.60. The van der Waals surface area contributed by atoms with Crippen LogP contribution in [-0.2, 0) is 4.79 Å². The van der Waals surface area contributed by atoms with E-state index >= 15 is 0 Å². The molecule has 1 atom stereocenters. The number of anilines is 1. The SMILES string of the molecule is CCC(C)NC(=O)CCNc1ncnc2sc(C)cc12. The van der Waals surface area contributed by atoms with Gasteiger partial charge in [0.05, 0.1) is 5.39 Å². The Morgan fingerprint density at radius 2 is 2.25 bits per heavy atom. The second-order valence-corrected chi connectivity index (χ2v) is 6.09. The van der Waals surface area contributed by atoms with Crippen LogP contribution in [-0.4, -0.2) is 28.5 Å². The topological polar surface area (TPSA) is 66.9 Å². The van der Waals surface area contributed by atoms with E-state index in [9.17, 15) is 4.79 Å². The van der Waals surface area contributed by atoms with Crippen molar-refractivity contribution in [2.24, 2.45) is 0 Å². The normalized spacial score (nSPS) is 12.3. The summed E-state index contributed by atoms with van der Waals surface area (Å²) < 4.78 is 0. The second kappa shape index (κ2) is 6.65. The fourth-order valence-electron chi connectivity index (χ4n) is 1.86. The molecule has 0 saturated heterocycles. The van der Waals surface area contributed by atoms with Crippen LogP contribution in [0.4, 0.5) is 5.82 Å². The van der Waals surface area contributed by atoms with E-state index in [-0.39, 0.29) is 11.9 Å². The molecule has 0 fully saturated rings. The third-order valence-corrected chi connectivity index (χ3v) is 4.08. The molecule has 0 spiro atoms. The zero-order valence-electron chi connectivity index (χ0n) is 12.1. The van der Waals surface area contributed by atoms with Crippen LogP contribution in [0.15, 0.2) is 12.4 Å². The molecule has 2 aromatic heterocycles. The molecule has 1 amide bonds. The van der Waals surface area contributed by atoms with Gasteiger partial charge in [-0.25, -0.2) is 9.97 Å². The van der Waals surface area contributed by atoms with Crippen LogP contribution in [0.1, 0.15) is 31.6 Å². The van der Waals surface area contributed by atoms with Crippen molar-refractivity contribution in [1.82, 2.24) is 15.3 Å². The molecule has 0 aliphatic rings. The summed E-state index contributed by atoms with van der Waals surface area (Å²) in [5.74, 6) is 0.870. The average molecular weight is 292 g/mol. The van der Waals surface area contributed by atoms with Crippen molar-refractivity contribution >= 4 is 33.3 Å². The van der Waals surface area contributed by atoms with Crippen LogP contribution in [0.3, 0.4) is 0 Å². The summed E-state index contributed by atoms with van der Waals surface area (Å²) in [5, 5.41) is 7.19. The molecule has 2 rings (SSSR count). The Kier molecular flexibility index (Phi) is 4.89. The monoisotopic (exact) mass is 292 g/mol. The van der Waals surface area contributed by atoms with Gasteiger partial charge in [-0.1, -0.05) is 6.92 Å². The Morgan fingerprint density at radius 3 is 3.00 bits per heavy atom. The molecule has 0 aliphatic carbocycles. The van der Waals surface area contributed by atoms with Gasteiger partial charge in [-0.05, 0) is 26.3 Å². The molecule has 6 heteroatoms. The van der Waals surface area contributed by atoms with Gasteiger partial charge in [-0.15, -0.1) is 11.3 Å². The Balaban J connectivity index is 1.91. The Morgan fingerprint density at radius 1 is 1.45 bits per heavy atom. The molecule has 0 radical (unpaired) electrons. The number of carbonyl (C=O) groups excluding carboxylic acids is 1. The summed E-state index contributed by atoms with van der Waals surface area (Å²) in [5.41, 5.74) is 0. The quantitative estimate of drug-likeness (QED) is 0.859. The summed E-state index contributed by atoms with van der Waals surface area (Å²) >= 11 is 1.65. The van der Waals surface area contributed by atoms with Gasteiger partial charge in [0.1, 0.15) is 17.0 Å². The number of aryl methyl sites for hydroxylation is 1. The number of amides is 1. The molecule has 1 unspecified atom stereocenters. The number of hydrogen-bond donors (Lipinski definition) is 2. The molecule has 108 valence electrons. The predicted molar refractivity (Wildman–Crippen MR) is 83.2 cm³/mol. The molecule has 2 aromatic rings. The van der Waals surface area contributed by atoms with Crippen LogP contribution >= 0.6 is 11.3 Å². The lowest BCUT2D eigenvalue weighted by atomic mass is 10.2. The molecular weight excluding hydrogens is 272 g/mol. The van der Waals surface area contributed by atoms with Crippen molar-refractivity contribution < 1.29 is 4.79 Å². The van der Waals surface area contributed by atoms with E-state index < -0.39 is 0 Å². The van der Waals surface area contributed by atoms with Crippen molar-refractivity contribution in [1.29, 1.82) is 0 Å². The maximum absolute atomic E-state index is 11.7. The van der Waals surface area contributed by atoms with E-state index in [1.54, 1.807) is 17.7 Å². The third kappa shape index (κ3) is 3.66. The number of nitrogens with zero attached hydrogens (tertiary/aromatic N) is 2. The average Bonchev–Trinajstić information content (AvgIpc) is 2.79. The molecule has 2 N–H and O–H groups in total. The number of thiophene rings is 1. The molecule has 20 heavy (non-hydrogen) atoms. The van der Waals surface area contributed by atoms with Gasteiger partial charge >= 0.3 is 0 Å². The summed E-state index contributed by atoms with van der Waals surface area (Å²) in [7, 11) is 0. The lowest BCUT2D eigenvalue weighted by Crippen LogP contribution is -2.33. The minimum Gasteiger partial charge on any atom is -0.369 e. The van der Waals surface area contributed by atoms with Crippen LogP contribution in [0, 0.1) is 6.92 Å². The number of fused-ring (bicyclic) bond motifs is 1. The Labute approximate surface area is 122 Å². The van der Waals surface area contributed by atoms with E-state index in [4.69, 9.17) is 0 Å². The highest BCUT2D eigenvalue weighted by molar-refractivity contribution is 7.18. The van der Waals surface area contributed by atoms with E-state index in [2.05, 4.69) is 40.5 Å². The predicted octanol–water partition coefficient (Wildman–Crippen LogP) is 2.72. The smallest absolute Gasteiger partial charge is 0.221 e. The van der Waals surface area contributed by atoms with Gasteiger partial charge < -0.3 is 10.6 Å². The van der Waals surface area contributed by atoms with Crippen molar-refractivity contribution in [2.75, 3.05) is 11.9 Å². The van der Waals surface area contributed by atoms with Gasteiger partial charge in [0, 0.05) is 23.9 Å². The minimum absolute atomic E-state index is 0.0682. The summed E-state index contributed by atoms with van der Waals surface area (Å²) in [6.45, 7) is 6.69. The molecule has 2 heterocycles. The summed E-state index contributed by atoms with van der Waals surface area (Å²) in [6, 6.07) is 2.30. The Hall–Kier alpha value is -1.69. The highest BCUT2D eigenvalue weighted by atomic mass is 32.1. The zero-order chi connectivity index (χ0) is 14.5. The van der Waals surface area contributed by atoms with Gasteiger partial charge in [0.25, 0.3) is 0 Å². The van der Waals surface area contributed by atoms with E-state index in [0.717, 1.165) is 22.5 Å². The van der Waals surface area contributed by atoms with Gasteiger partial charge in [0.2, 0.25) is 5.91 Å². The molecule has 0 bridgehead atoms. The third-order valence-electron chi connectivity index (χ3n) is 3.12. The van der Waals surface area contributed by atoms with Crippen molar-refractivity contribution in [3.05, 3.63) is 17.3 Å². The highest BCUT2D eigenvalue weighted by Gasteiger charge is 2.08. The number of hydrogen-bond acceptors (Lipinski definition) is 5. The number of nitrogens with one attached hydrogen (secondary N) is 2. The van der Waals surface area contributed by atoms with Crippen LogP contribution in [0.5, 0.6) is 0 Å². The summed E-state index contributed by atoms with van der Waals surface area (Å²) in [4.78, 5) is 22.4. The van der Waals surface area contributed by atoms with E-state index in [1.807, 2.05) is 6.92 Å². The van der Waals surface area contributed by atoms with Crippen molar-refractivity contribution in [3.8, 4) is 0 Å². The maximum atomic E-state index is 11.7. The van der Waals surface area contributed by atoms with Gasteiger partial charge in [0.15, 0.2) is 0 Å². The maximum Gasteiger partial charge on any atom is 0.221 e. The largest absolute Gasteiger partial charge is 0.369 e. The molecular formula is C14H20N4OS. The standard InChI is InChI=1S/C14H20N4OS/c1-4-9(2)18-12(19)5-6-15-13-11-7-10(3)20-14(11)17-8-16-13/h7-9H,4-6H2,1-3H3,(H,18,19)(H,15,16,17). The Bertz CT molecular complexity index is 596. The molecule has 5 nitrogen and oxygen atoms in total. The van der Waals surface area contributed by atoms with Crippen LogP contribution in [0.2, 0.25) is 0 Å². The first-order valence-corrected chi connectivity index (χ1v) is 7.66. The van der Waals surface area contributed by atoms with E-state index in [0.29, 0.717) is 13.0 Å². The van der Waals surface area contributed by atoms with Gasteiger partial charge in [-0.3, -0.25) is 4.79 Å². The first-order valence-electron chi connectivity index (χ1n) is 6.84. The second-order valence-electron chi connectivity index (χ2n) is 4.85. The van der Waals surface area contributed by atoms with E-state index in [1.165, 1.54) is 4.88 Å². The number of aromatic nitrogens is 2. The number of carbonyl (C=O) groups is 1. The molecule has 0 aromatic carbocycles. The van der Waals surface area contributed by atoms with Crippen molar-refractivity contribution in [3.63, 3.8) is 0 Å². The van der Waals surface area contributed by atoms with Crippen LogP contribution in [0.25, 0.3) is 10.2 Å². The zero-order valence-corrected chi connectivity index (χ0v) is 12.9. The van der Waals surface area contributed by atoms with Crippen molar-refractivity contribution in [2.45, 2.75) is 39.7 Å².